The van der Waals surface area contributed by atoms with E-state index in [1.807, 2.05) is 18.2 Å². The van der Waals surface area contributed by atoms with Gasteiger partial charge in [0, 0.05) is 24.2 Å². The summed E-state index contributed by atoms with van der Waals surface area (Å²) in [4.78, 5) is 14.3. The van der Waals surface area contributed by atoms with Gasteiger partial charge in [-0.1, -0.05) is 54.1 Å². The summed E-state index contributed by atoms with van der Waals surface area (Å²) in [5, 5.41) is 20.3. The number of carbonyl (C=O) groups is 1. The fraction of sp³-hybridized carbons (Fsp3) is 0.217. The average Bonchev–Trinajstić information content (AvgIpc) is 3.33. The van der Waals surface area contributed by atoms with Gasteiger partial charge in [-0.05, 0) is 25.0 Å². The van der Waals surface area contributed by atoms with E-state index in [0.29, 0.717) is 16.7 Å². The van der Waals surface area contributed by atoms with E-state index >= 15 is 0 Å². The molecule has 0 unspecified atom stereocenters. The summed E-state index contributed by atoms with van der Waals surface area (Å²) in [7, 11) is 0. The van der Waals surface area contributed by atoms with Gasteiger partial charge in [-0.2, -0.15) is 0 Å². The van der Waals surface area contributed by atoms with Crippen LogP contribution in [0.5, 0.6) is 0 Å². The maximum absolute atomic E-state index is 13.8. The second kappa shape index (κ2) is 9.22. The maximum Gasteiger partial charge on any atom is 0.241 e. The summed E-state index contributed by atoms with van der Waals surface area (Å²) in [5.41, 5.74) is 1.81. The molecule has 1 amide bonds. The summed E-state index contributed by atoms with van der Waals surface area (Å²) in [6.45, 7) is 1.52. The Hall–Kier alpha value is -3.32. The zero-order chi connectivity index (χ0) is 21.8. The van der Waals surface area contributed by atoms with Gasteiger partial charge in [-0.25, -0.2) is 4.39 Å². The first kappa shape index (κ1) is 20.9. The Kier molecular flexibility index (Phi) is 6.23. The van der Waals surface area contributed by atoms with E-state index in [4.69, 9.17) is 17.0 Å². The maximum atomic E-state index is 13.8. The van der Waals surface area contributed by atoms with E-state index in [-0.39, 0.29) is 34.7 Å². The fourth-order valence-electron chi connectivity index (χ4n) is 3.58. The smallest absolute Gasteiger partial charge is 0.241 e. The number of hydrogen-bond acceptors (Lipinski definition) is 5. The fourth-order valence-corrected chi connectivity index (χ4v) is 3.91. The number of nitrogens with zero attached hydrogens (tertiary/aromatic N) is 3. The number of nitrogens with one attached hydrogen (secondary N) is 2. The molecular weight excluding hydrogens is 417 g/mol. The molecule has 2 N–H and O–H groups in total. The van der Waals surface area contributed by atoms with Gasteiger partial charge in [0.05, 0.1) is 22.8 Å². The molecule has 8 heteroatoms. The second-order valence-corrected chi connectivity index (χ2v) is 7.66. The number of hydrogen-bond donors (Lipinski definition) is 2. The van der Waals surface area contributed by atoms with Crippen LogP contribution < -0.4 is 5.32 Å². The van der Waals surface area contributed by atoms with Gasteiger partial charge < -0.3 is 10.2 Å². The average molecular weight is 438 g/mol. The molecule has 0 saturated carbocycles. The van der Waals surface area contributed by atoms with Gasteiger partial charge in [-0.3, -0.25) is 10.2 Å². The van der Waals surface area contributed by atoms with Crippen molar-refractivity contribution in [3.63, 3.8) is 0 Å². The second-order valence-electron chi connectivity index (χ2n) is 7.28. The van der Waals surface area contributed by atoms with Gasteiger partial charge in [-0.15, -0.1) is 10.2 Å². The first-order valence-corrected chi connectivity index (χ1v) is 10.4. The lowest BCUT2D eigenvalue weighted by Gasteiger charge is -2.18. The number of anilines is 1. The molecule has 0 radical (unpaired) electrons. The monoisotopic (exact) mass is 437 g/mol. The summed E-state index contributed by atoms with van der Waals surface area (Å²) in [6, 6.07) is 15.0. The van der Waals surface area contributed by atoms with Crippen LogP contribution >= 0.6 is 11.6 Å². The van der Waals surface area contributed by atoms with E-state index in [2.05, 4.69) is 15.5 Å². The molecule has 158 valence electrons. The highest BCUT2D eigenvalue weighted by Gasteiger charge is 2.23. The van der Waals surface area contributed by atoms with E-state index in [1.54, 1.807) is 29.2 Å². The number of amides is 1. The van der Waals surface area contributed by atoms with Gasteiger partial charge in [0.2, 0.25) is 5.91 Å². The lowest BCUT2D eigenvalue weighted by molar-refractivity contribution is -0.128. The molecule has 1 saturated heterocycles. The summed E-state index contributed by atoms with van der Waals surface area (Å²) in [6.07, 6.45) is 2.01. The van der Waals surface area contributed by atoms with Crippen LogP contribution in [0.4, 0.5) is 10.2 Å². The van der Waals surface area contributed by atoms with Crippen LogP contribution in [0.2, 0.25) is 5.02 Å². The van der Waals surface area contributed by atoms with Crippen LogP contribution in [0.1, 0.15) is 24.0 Å². The van der Waals surface area contributed by atoms with Crippen molar-refractivity contribution in [2.75, 3.05) is 25.0 Å². The molecule has 3 aromatic rings. The Bertz CT molecular complexity index is 1120. The van der Waals surface area contributed by atoms with Crippen LogP contribution in [0.25, 0.3) is 11.3 Å². The largest absolute Gasteiger partial charge is 0.359 e. The van der Waals surface area contributed by atoms with E-state index in [0.717, 1.165) is 25.9 Å². The zero-order valence-electron chi connectivity index (χ0n) is 16.7. The van der Waals surface area contributed by atoms with Crippen LogP contribution in [0.3, 0.4) is 0 Å². The van der Waals surface area contributed by atoms with E-state index < -0.39 is 5.82 Å². The molecule has 1 aliphatic rings. The Labute approximate surface area is 184 Å². The van der Waals surface area contributed by atoms with Crippen molar-refractivity contribution in [3.05, 3.63) is 76.6 Å². The third-order valence-corrected chi connectivity index (χ3v) is 5.56. The van der Waals surface area contributed by atoms with Gasteiger partial charge in [0.1, 0.15) is 11.5 Å². The minimum absolute atomic E-state index is 0.0272. The Morgan fingerprint density at radius 1 is 1.10 bits per heavy atom. The Morgan fingerprint density at radius 3 is 2.55 bits per heavy atom. The molecule has 6 nitrogen and oxygen atoms in total. The van der Waals surface area contributed by atoms with Crippen molar-refractivity contribution in [2.24, 2.45) is 0 Å². The molecule has 0 bridgehead atoms. The highest BCUT2D eigenvalue weighted by molar-refractivity contribution is 6.38. The number of benzene rings is 2. The number of carbonyl (C=O) groups excluding carboxylic acids is 1. The molecule has 1 aliphatic heterocycles. The Balaban J connectivity index is 1.72. The molecule has 4 rings (SSSR count). The number of likely N-dealkylation sites (tertiary alicyclic amines) is 1. The highest BCUT2D eigenvalue weighted by atomic mass is 35.5. The van der Waals surface area contributed by atoms with Crippen LogP contribution in [-0.4, -0.2) is 46.4 Å². The summed E-state index contributed by atoms with van der Waals surface area (Å²) >= 11 is 6.69. The van der Waals surface area contributed by atoms with Gasteiger partial charge in [0.15, 0.2) is 5.82 Å². The molecule has 2 aromatic carbocycles. The van der Waals surface area contributed by atoms with Crippen LogP contribution in [0.15, 0.2) is 54.6 Å². The predicted octanol–water partition coefficient (Wildman–Crippen LogP) is 4.39. The normalized spacial score (nSPS) is 13.3. The van der Waals surface area contributed by atoms with E-state index in [9.17, 15) is 9.18 Å². The summed E-state index contributed by atoms with van der Waals surface area (Å²) < 4.78 is 13.8. The first-order valence-electron chi connectivity index (χ1n) is 10.0. The minimum Gasteiger partial charge on any atom is -0.359 e. The third-order valence-electron chi connectivity index (χ3n) is 5.19. The van der Waals surface area contributed by atoms with Crippen LogP contribution in [-0.2, 0) is 4.79 Å². The standard InChI is InChI=1S/C23H21ClFN5O/c24-20-19(21(26)15-7-2-1-3-8-15)23(27-14-18(31)30-11-4-5-12-30)29-28-22(20)16-9-6-10-17(25)13-16/h1-3,6-10,13,26H,4-5,11-12,14H2,(H,27,29). The van der Waals surface area contributed by atoms with E-state index in [1.165, 1.54) is 12.1 Å². The lowest BCUT2D eigenvalue weighted by atomic mass is 10.0. The van der Waals surface area contributed by atoms with Crippen molar-refractivity contribution in [3.8, 4) is 11.3 Å². The molecule has 1 aromatic heterocycles. The van der Waals surface area contributed by atoms with Crippen molar-refractivity contribution < 1.29 is 9.18 Å². The molecule has 0 aliphatic carbocycles. The molecule has 2 heterocycles. The molecule has 1 fully saturated rings. The quantitative estimate of drug-likeness (QED) is 0.560. The third kappa shape index (κ3) is 4.56. The first-order chi connectivity index (χ1) is 15.0. The zero-order valence-corrected chi connectivity index (χ0v) is 17.5. The van der Waals surface area contributed by atoms with Crippen LogP contribution in [0, 0.1) is 11.2 Å². The topological polar surface area (TPSA) is 82.0 Å². The van der Waals surface area contributed by atoms with Crippen molar-refractivity contribution in [2.45, 2.75) is 12.8 Å². The van der Waals surface area contributed by atoms with Crippen molar-refractivity contribution in [1.82, 2.24) is 15.1 Å². The number of rotatable bonds is 6. The molecule has 0 spiro atoms. The molecule has 31 heavy (non-hydrogen) atoms. The summed E-state index contributed by atoms with van der Waals surface area (Å²) in [5.74, 6) is -0.221. The van der Waals surface area contributed by atoms with Crippen molar-refractivity contribution in [1.29, 1.82) is 5.41 Å². The molecule has 0 atom stereocenters. The Morgan fingerprint density at radius 2 is 1.84 bits per heavy atom. The number of halogens is 2. The lowest BCUT2D eigenvalue weighted by Crippen LogP contribution is -2.33. The SMILES string of the molecule is N=C(c1ccccc1)c1c(NCC(=O)N2CCCC2)nnc(-c2cccc(F)c2)c1Cl. The van der Waals surface area contributed by atoms with Crippen molar-refractivity contribution >= 4 is 29.0 Å². The van der Waals surface area contributed by atoms with Gasteiger partial charge in [0.25, 0.3) is 0 Å². The predicted molar refractivity (Wildman–Crippen MR) is 119 cm³/mol. The minimum atomic E-state index is -0.423. The number of aromatic nitrogens is 2. The molecular formula is C23H21ClFN5O. The highest BCUT2D eigenvalue weighted by Crippen LogP contribution is 2.33. The van der Waals surface area contributed by atoms with Gasteiger partial charge >= 0.3 is 0 Å².